The first kappa shape index (κ1) is 12.0. The molecule has 13 heavy (non-hydrogen) atoms. The fraction of sp³-hybridized carbons (Fsp3) is 0.727. The molecule has 0 heterocycles. The maximum atomic E-state index is 11.5. The Morgan fingerprint density at radius 3 is 2.08 bits per heavy atom. The van der Waals surface area contributed by atoms with E-state index in [0.29, 0.717) is 11.8 Å². The molecule has 0 radical (unpaired) electrons. The lowest BCUT2D eigenvalue weighted by Crippen LogP contribution is -2.27. The smallest absolute Gasteiger partial charge is 0.310 e. The second-order valence-electron chi connectivity index (χ2n) is 3.83. The molecule has 0 aromatic rings. The average molecular weight is 182 g/mol. The summed E-state index contributed by atoms with van der Waals surface area (Å²) >= 11 is 0. The van der Waals surface area contributed by atoms with Crippen molar-refractivity contribution in [2.24, 2.45) is 17.8 Å². The number of rotatable bonds is 4. The number of hydrogen-bond acceptors (Lipinski definition) is 2. The minimum atomic E-state index is -0.178. The molecule has 0 aromatic heterocycles. The van der Waals surface area contributed by atoms with Crippen LogP contribution in [0.4, 0.5) is 0 Å². The van der Waals surface area contributed by atoms with Crippen molar-refractivity contribution >= 4 is 5.97 Å². The summed E-state index contributed by atoms with van der Waals surface area (Å²) in [4.78, 5) is 11.5. The van der Waals surface area contributed by atoms with Gasteiger partial charge in [0.15, 0.2) is 6.61 Å². The zero-order valence-corrected chi connectivity index (χ0v) is 8.83. The standard InChI is InChI=1S/C11H18O2/c1-6-7-13-11(12)10(8(2)3)9(4)5/h1,8-10H,7H2,2-5H3. The Morgan fingerprint density at radius 1 is 1.31 bits per heavy atom. The first-order valence-corrected chi connectivity index (χ1v) is 4.60. The molecule has 0 aliphatic heterocycles. The Labute approximate surface area is 80.7 Å². The number of hydrogen-bond donors (Lipinski definition) is 0. The van der Waals surface area contributed by atoms with Crippen molar-refractivity contribution < 1.29 is 9.53 Å². The summed E-state index contributed by atoms with van der Waals surface area (Å²) in [5.74, 6) is 2.66. The molecule has 0 spiro atoms. The zero-order valence-electron chi connectivity index (χ0n) is 8.83. The summed E-state index contributed by atoms with van der Waals surface area (Å²) in [6.45, 7) is 8.14. The number of ether oxygens (including phenoxy) is 1. The molecule has 0 aliphatic rings. The van der Waals surface area contributed by atoms with Crippen LogP contribution in [0.5, 0.6) is 0 Å². The van der Waals surface area contributed by atoms with Gasteiger partial charge in [-0.15, -0.1) is 6.42 Å². The summed E-state index contributed by atoms with van der Waals surface area (Å²) in [5, 5.41) is 0. The topological polar surface area (TPSA) is 26.3 Å². The normalized spacial score (nSPS) is 10.6. The Morgan fingerprint density at radius 2 is 1.77 bits per heavy atom. The molecule has 0 saturated heterocycles. The zero-order chi connectivity index (χ0) is 10.4. The van der Waals surface area contributed by atoms with Crippen molar-refractivity contribution in [2.75, 3.05) is 6.61 Å². The highest BCUT2D eigenvalue weighted by Crippen LogP contribution is 2.21. The second-order valence-corrected chi connectivity index (χ2v) is 3.83. The van der Waals surface area contributed by atoms with Gasteiger partial charge in [-0.2, -0.15) is 0 Å². The first-order valence-electron chi connectivity index (χ1n) is 4.60. The van der Waals surface area contributed by atoms with Gasteiger partial charge in [0.25, 0.3) is 0 Å². The van der Waals surface area contributed by atoms with Crippen LogP contribution < -0.4 is 0 Å². The average Bonchev–Trinajstić information content (AvgIpc) is 1.99. The van der Waals surface area contributed by atoms with Crippen LogP contribution >= 0.6 is 0 Å². The molecule has 0 amide bonds. The van der Waals surface area contributed by atoms with Crippen LogP contribution in [0.15, 0.2) is 0 Å². The van der Waals surface area contributed by atoms with Gasteiger partial charge in [0.1, 0.15) is 0 Å². The highest BCUT2D eigenvalue weighted by Gasteiger charge is 2.26. The number of esters is 1. The quantitative estimate of drug-likeness (QED) is 0.491. The molecule has 0 aliphatic carbocycles. The largest absolute Gasteiger partial charge is 0.452 e. The van der Waals surface area contributed by atoms with Crippen LogP contribution in [0.3, 0.4) is 0 Å². The lowest BCUT2D eigenvalue weighted by Gasteiger charge is -2.22. The maximum Gasteiger partial charge on any atom is 0.310 e. The van der Waals surface area contributed by atoms with E-state index < -0.39 is 0 Å². The number of terminal acetylenes is 1. The monoisotopic (exact) mass is 182 g/mol. The van der Waals surface area contributed by atoms with Crippen LogP contribution in [0, 0.1) is 30.1 Å². The van der Waals surface area contributed by atoms with E-state index in [-0.39, 0.29) is 18.5 Å². The van der Waals surface area contributed by atoms with Crippen LogP contribution in [0.1, 0.15) is 27.7 Å². The van der Waals surface area contributed by atoms with Gasteiger partial charge in [-0.25, -0.2) is 0 Å². The van der Waals surface area contributed by atoms with Gasteiger partial charge < -0.3 is 4.74 Å². The molecule has 0 aromatic carbocycles. The minimum absolute atomic E-state index is 0.0478. The van der Waals surface area contributed by atoms with E-state index in [1.807, 2.05) is 27.7 Å². The Bertz CT molecular complexity index is 191. The van der Waals surface area contributed by atoms with E-state index in [2.05, 4.69) is 5.92 Å². The summed E-state index contributed by atoms with van der Waals surface area (Å²) in [6.07, 6.45) is 5.00. The highest BCUT2D eigenvalue weighted by molar-refractivity contribution is 5.73. The molecule has 0 bridgehead atoms. The molecule has 2 nitrogen and oxygen atoms in total. The van der Waals surface area contributed by atoms with Gasteiger partial charge >= 0.3 is 5.97 Å². The van der Waals surface area contributed by atoms with E-state index >= 15 is 0 Å². The van der Waals surface area contributed by atoms with Crippen molar-refractivity contribution in [1.82, 2.24) is 0 Å². The van der Waals surface area contributed by atoms with Gasteiger partial charge in [-0.3, -0.25) is 4.79 Å². The maximum absolute atomic E-state index is 11.5. The summed E-state index contributed by atoms with van der Waals surface area (Å²) in [6, 6.07) is 0. The Hall–Kier alpha value is -0.970. The lowest BCUT2D eigenvalue weighted by molar-refractivity contribution is -0.150. The van der Waals surface area contributed by atoms with Crippen molar-refractivity contribution in [3.63, 3.8) is 0 Å². The lowest BCUT2D eigenvalue weighted by atomic mass is 9.86. The van der Waals surface area contributed by atoms with E-state index in [1.165, 1.54) is 0 Å². The minimum Gasteiger partial charge on any atom is -0.452 e. The third-order valence-electron chi connectivity index (χ3n) is 2.01. The molecular weight excluding hydrogens is 164 g/mol. The van der Waals surface area contributed by atoms with Gasteiger partial charge in [-0.05, 0) is 11.8 Å². The third kappa shape index (κ3) is 3.98. The third-order valence-corrected chi connectivity index (χ3v) is 2.01. The van der Waals surface area contributed by atoms with Crippen LogP contribution in [-0.2, 0) is 9.53 Å². The van der Waals surface area contributed by atoms with Gasteiger partial charge in [0.05, 0.1) is 5.92 Å². The van der Waals surface area contributed by atoms with Crippen molar-refractivity contribution in [2.45, 2.75) is 27.7 Å². The molecule has 0 N–H and O–H groups in total. The molecule has 74 valence electrons. The summed E-state index contributed by atoms with van der Waals surface area (Å²) < 4.78 is 4.90. The van der Waals surface area contributed by atoms with Crippen LogP contribution in [0.2, 0.25) is 0 Å². The fourth-order valence-corrected chi connectivity index (χ4v) is 1.52. The van der Waals surface area contributed by atoms with Crippen LogP contribution in [-0.4, -0.2) is 12.6 Å². The van der Waals surface area contributed by atoms with E-state index in [4.69, 9.17) is 11.2 Å². The predicted octanol–water partition coefficient (Wildman–Crippen LogP) is 2.09. The Kier molecular flexibility index (Phi) is 5.22. The van der Waals surface area contributed by atoms with Gasteiger partial charge in [0, 0.05) is 0 Å². The van der Waals surface area contributed by atoms with Gasteiger partial charge in [-0.1, -0.05) is 33.6 Å². The first-order chi connectivity index (χ1) is 6.00. The summed E-state index contributed by atoms with van der Waals surface area (Å²) in [7, 11) is 0. The predicted molar refractivity (Wildman–Crippen MR) is 53.0 cm³/mol. The SMILES string of the molecule is C#CCOC(=O)C(C(C)C)C(C)C. The fourth-order valence-electron chi connectivity index (χ4n) is 1.52. The second kappa shape index (κ2) is 5.64. The molecule has 0 saturated carbocycles. The van der Waals surface area contributed by atoms with Crippen molar-refractivity contribution in [3.05, 3.63) is 0 Å². The Balaban J connectivity index is 4.22. The van der Waals surface area contributed by atoms with Crippen molar-refractivity contribution in [3.8, 4) is 12.3 Å². The molecule has 2 heteroatoms. The number of carbonyl (C=O) groups is 1. The van der Waals surface area contributed by atoms with E-state index in [0.717, 1.165) is 0 Å². The summed E-state index contributed by atoms with van der Waals surface area (Å²) in [5.41, 5.74) is 0. The molecule has 0 rings (SSSR count). The highest BCUT2D eigenvalue weighted by atomic mass is 16.5. The molecule has 0 unspecified atom stereocenters. The van der Waals surface area contributed by atoms with E-state index in [1.54, 1.807) is 0 Å². The molecule has 0 atom stereocenters. The molecule has 0 fully saturated rings. The van der Waals surface area contributed by atoms with Crippen molar-refractivity contribution in [1.29, 1.82) is 0 Å². The van der Waals surface area contributed by atoms with E-state index in [9.17, 15) is 4.79 Å². The molecular formula is C11H18O2. The number of carbonyl (C=O) groups excluding carboxylic acids is 1. The van der Waals surface area contributed by atoms with Gasteiger partial charge in [0.2, 0.25) is 0 Å². The van der Waals surface area contributed by atoms with Crippen LogP contribution in [0.25, 0.3) is 0 Å².